The number of benzene rings is 3. The third-order valence-corrected chi connectivity index (χ3v) is 6.93. The van der Waals surface area contributed by atoms with E-state index < -0.39 is 22.0 Å². The SMILES string of the molecule is Cc1ccc(S(=O)(=O)N(CC(=O)N[C@H](C)c2ccc(F)cc2)c2cc(C)cc(C)c2)cc1. The van der Waals surface area contributed by atoms with Crippen molar-refractivity contribution < 1.29 is 17.6 Å². The lowest BCUT2D eigenvalue weighted by Gasteiger charge is -2.26. The largest absolute Gasteiger partial charge is 0.348 e. The molecule has 3 aromatic carbocycles. The molecular weight excluding hydrogens is 427 g/mol. The lowest BCUT2D eigenvalue weighted by atomic mass is 10.1. The van der Waals surface area contributed by atoms with E-state index in [4.69, 9.17) is 0 Å². The van der Waals surface area contributed by atoms with Crippen LogP contribution in [0, 0.1) is 26.6 Å². The number of nitrogens with one attached hydrogen (secondary N) is 1. The Kier molecular flexibility index (Phi) is 6.99. The fraction of sp³-hybridized carbons (Fsp3) is 0.240. The Balaban J connectivity index is 1.92. The maximum atomic E-state index is 13.5. The normalized spacial score (nSPS) is 12.3. The van der Waals surface area contributed by atoms with Crippen molar-refractivity contribution in [3.05, 3.63) is 94.8 Å². The van der Waals surface area contributed by atoms with E-state index in [1.807, 2.05) is 26.8 Å². The van der Waals surface area contributed by atoms with Crippen LogP contribution in [0.3, 0.4) is 0 Å². The summed E-state index contributed by atoms with van der Waals surface area (Å²) in [5.74, 6) is -0.825. The zero-order valence-corrected chi connectivity index (χ0v) is 19.4. The molecule has 0 aliphatic rings. The third kappa shape index (κ3) is 5.53. The van der Waals surface area contributed by atoms with Crippen LogP contribution >= 0.6 is 0 Å². The molecule has 3 rings (SSSR count). The Labute approximate surface area is 188 Å². The number of anilines is 1. The van der Waals surface area contributed by atoms with Gasteiger partial charge in [-0.1, -0.05) is 35.9 Å². The zero-order chi connectivity index (χ0) is 23.5. The van der Waals surface area contributed by atoms with Crippen LogP contribution in [0.4, 0.5) is 10.1 Å². The lowest BCUT2D eigenvalue weighted by Crippen LogP contribution is -2.41. The predicted molar refractivity (Wildman–Crippen MR) is 125 cm³/mol. The number of hydrogen-bond acceptors (Lipinski definition) is 3. The molecule has 0 heterocycles. The van der Waals surface area contributed by atoms with Crippen molar-refractivity contribution in [1.82, 2.24) is 5.32 Å². The minimum atomic E-state index is -3.98. The second-order valence-corrected chi connectivity index (χ2v) is 9.87. The van der Waals surface area contributed by atoms with Gasteiger partial charge in [0.1, 0.15) is 12.4 Å². The van der Waals surface area contributed by atoms with Gasteiger partial charge in [0.05, 0.1) is 16.6 Å². The molecule has 1 atom stereocenters. The summed E-state index contributed by atoms with van der Waals surface area (Å²) in [5.41, 5.74) is 3.87. The molecule has 0 aliphatic heterocycles. The van der Waals surface area contributed by atoms with Crippen molar-refractivity contribution in [2.24, 2.45) is 0 Å². The molecule has 0 saturated heterocycles. The first kappa shape index (κ1) is 23.5. The molecule has 3 aromatic rings. The molecule has 5 nitrogen and oxygen atoms in total. The first-order valence-corrected chi connectivity index (χ1v) is 11.7. The van der Waals surface area contributed by atoms with Crippen molar-refractivity contribution in [1.29, 1.82) is 0 Å². The average Bonchev–Trinajstić information content (AvgIpc) is 2.72. The number of sulfonamides is 1. The standard InChI is InChI=1S/C25H27FN2O3S/c1-17-5-11-24(12-6-17)32(30,31)28(23-14-18(2)13-19(3)15-23)16-25(29)27-20(4)21-7-9-22(26)10-8-21/h5-15,20H,16H2,1-4H3,(H,27,29)/t20-/m1/s1. The highest BCUT2D eigenvalue weighted by Crippen LogP contribution is 2.26. The van der Waals surface area contributed by atoms with E-state index in [9.17, 15) is 17.6 Å². The Morgan fingerprint density at radius 2 is 1.47 bits per heavy atom. The second kappa shape index (κ2) is 9.53. The number of carbonyl (C=O) groups excluding carboxylic acids is 1. The van der Waals surface area contributed by atoms with Crippen molar-refractivity contribution in [3.8, 4) is 0 Å². The monoisotopic (exact) mass is 454 g/mol. The molecular formula is C25H27FN2O3S. The molecule has 1 N–H and O–H groups in total. The highest BCUT2D eigenvalue weighted by Gasteiger charge is 2.28. The number of amides is 1. The minimum Gasteiger partial charge on any atom is -0.348 e. The average molecular weight is 455 g/mol. The molecule has 0 aromatic heterocycles. The molecule has 0 saturated carbocycles. The summed E-state index contributed by atoms with van der Waals surface area (Å²) in [7, 11) is -3.98. The van der Waals surface area contributed by atoms with Crippen molar-refractivity contribution >= 4 is 21.6 Å². The van der Waals surface area contributed by atoms with Gasteiger partial charge in [-0.25, -0.2) is 12.8 Å². The van der Waals surface area contributed by atoms with Gasteiger partial charge < -0.3 is 5.32 Å². The quantitative estimate of drug-likeness (QED) is 0.556. The van der Waals surface area contributed by atoms with Gasteiger partial charge in [0.15, 0.2) is 0 Å². The Bertz CT molecular complexity index is 1190. The van der Waals surface area contributed by atoms with Crippen LogP contribution in [-0.2, 0) is 14.8 Å². The summed E-state index contributed by atoms with van der Waals surface area (Å²) in [5, 5.41) is 2.81. The molecule has 0 aliphatic carbocycles. The topological polar surface area (TPSA) is 66.5 Å². The fourth-order valence-corrected chi connectivity index (χ4v) is 4.90. The molecule has 0 unspecified atom stereocenters. The smallest absolute Gasteiger partial charge is 0.264 e. The van der Waals surface area contributed by atoms with Crippen molar-refractivity contribution in [2.45, 2.75) is 38.6 Å². The predicted octanol–water partition coefficient (Wildman–Crippen LogP) is 4.82. The summed E-state index contributed by atoms with van der Waals surface area (Å²) in [6, 6.07) is 17.4. The first-order valence-electron chi connectivity index (χ1n) is 10.3. The van der Waals surface area contributed by atoms with Crippen LogP contribution in [0.2, 0.25) is 0 Å². The van der Waals surface area contributed by atoms with E-state index in [0.29, 0.717) is 5.69 Å². The summed E-state index contributed by atoms with van der Waals surface area (Å²) >= 11 is 0. The maximum absolute atomic E-state index is 13.5. The van der Waals surface area contributed by atoms with Gasteiger partial charge in [0.2, 0.25) is 5.91 Å². The second-order valence-electron chi connectivity index (χ2n) is 8.01. The molecule has 168 valence electrons. The minimum absolute atomic E-state index is 0.113. The number of hydrogen-bond donors (Lipinski definition) is 1. The van der Waals surface area contributed by atoms with Crippen LogP contribution in [0.1, 0.15) is 35.2 Å². The van der Waals surface area contributed by atoms with E-state index in [2.05, 4.69) is 5.32 Å². The molecule has 1 amide bonds. The molecule has 32 heavy (non-hydrogen) atoms. The molecule has 7 heteroatoms. The number of aryl methyl sites for hydroxylation is 3. The van der Waals surface area contributed by atoms with Crippen LogP contribution in [-0.4, -0.2) is 20.9 Å². The fourth-order valence-electron chi connectivity index (χ4n) is 3.50. The van der Waals surface area contributed by atoms with Crippen molar-refractivity contribution in [3.63, 3.8) is 0 Å². The van der Waals surface area contributed by atoms with Crippen LogP contribution in [0.15, 0.2) is 71.6 Å². The maximum Gasteiger partial charge on any atom is 0.264 e. The molecule has 0 spiro atoms. The highest BCUT2D eigenvalue weighted by molar-refractivity contribution is 7.92. The van der Waals surface area contributed by atoms with E-state index >= 15 is 0 Å². The van der Waals surface area contributed by atoms with Gasteiger partial charge in [0, 0.05) is 0 Å². The highest BCUT2D eigenvalue weighted by atomic mass is 32.2. The number of carbonyl (C=O) groups is 1. The number of rotatable bonds is 7. The van der Waals surface area contributed by atoms with E-state index in [1.165, 1.54) is 12.1 Å². The summed E-state index contributed by atoms with van der Waals surface area (Å²) in [6.45, 7) is 7.02. The molecule has 0 fully saturated rings. The van der Waals surface area contributed by atoms with Gasteiger partial charge in [-0.3, -0.25) is 9.10 Å². The number of halogens is 1. The Morgan fingerprint density at radius 1 is 0.906 bits per heavy atom. The van der Waals surface area contributed by atoms with Crippen LogP contribution < -0.4 is 9.62 Å². The van der Waals surface area contributed by atoms with Gasteiger partial charge in [-0.05, 0) is 80.8 Å². The Hall–Kier alpha value is -3.19. The third-order valence-electron chi connectivity index (χ3n) is 5.14. The summed E-state index contributed by atoms with van der Waals surface area (Å²) < 4.78 is 41.3. The van der Waals surface area contributed by atoms with Gasteiger partial charge in [-0.15, -0.1) is 0 Å². The zero-order valence-electron chi connectivity index (χ0n) is 18.6. The van der Waals surface area contributed by atoms with Crippen molar-refractivity contribution in [2.75, 3.05) is 10.8 Å². The van der Waals surface area contributed by atoms with Gasteiger partial charge in [0.25, 0.3) is 10.0 Å². The van der Waals surface area contributed by atoms with Gasteiger partial charge >= 0.3 is 0 Å². The molecule has 0 radical (unpaired) electrons. The molecule has 0 bridgehead atoms. The Morgan fingerprint density at radius 3 is 2.03 bits per heavy atom. The van der Waals surface area contributed by atoms with E-state index in [1.54, 1.807) is 55.5 Å². The number of nitrogens with zero attached hydrogens (tertiary/aromatic N) is 1. The van der Waals surface area contributed by atoms with E-state index in [0.717, 1.165) is 26.6 Å². The summed E-state index contributed by atoms with van der Waals surface area (Å²) in [4.78, 5) is 13.0. The lowest BCUT2D eigenvalue weighted by molar-refractivity contribution is -0.120. The van der Waals surface area contributed by atoms with Crippen LogP contribution in [0.5, 0.6) is 0 Å². The van der Waals surface area contributed by atoms with E-state index in [-0.39, 0.29) is 17.3 Å². The first-order chi connectivity index (χ1) is 15.1. The van der Waals surface area contributed by atoms with Crippen LogP contribution in [0.25, 0.3) is 0 Å². The summed E-state index contributed by atoms with van der Waals surface area (Å²) in [6.07, 6.45) is 0. The van der Waals surface area contributed by atoms with Gasteiger partial charge in [-0.2, -0.15) is 0 Å².